The second-order valence-electron chi connectivity index (χ2n) is 3.34. The molecule has 5 heteroatoms. The highest BCUT2D eigenvalue weighted by Crippen LogP contribution is 2.15. The van der Waals surface area contributed by atoms with E-state index in [1.807, 2.05) is 6.92 Å². The van der Waals surface area contributed by atoms with Crippen LogP contribution in [0, 0.1) is 6.92 Å². The molecule has 0 heterocycles. The van der Waals surface area contributed by atoms with Crippen molar-refractivity contribution in [2.24, 2.45) is 0 Å². The minimum Gasteiger partial charge on any atom is -0.367 e. The summed E-state index contributed by atoms with van der Waals surface area (Å²) in [5.74, 6) is 0. The molecular weight excluding hydrogens is 228 g/mol. The molecule has 1 aromatic rings. The summed E-state index contributed by atoms with van der Waals surface area (Å²) in [6.07, 6.45) is 0.0595. The molecule has 0 fully saturated rings. The van der Waals surface area contributed by atoms with Gasteiger partial charge in [0.25, 0.3) is 10.1 Å². The monoisotopic (exact) mass is 242 g/mol. The lowest BCUT2D eigenvalue weighted by Gasteiger charge is -2.10. The van der Waals surface area contributed by atoms with Gasteiger partial charge < -0.3 is 5.11 Å². The number of hydrogen-bond acceptors (Lipinski definition) is 4. The first-order valence-corrected chi connectivity index (χ1v) is 6.15. The van der Waals surface area contributed by atoms with E-state index in [1.165, 1.54) is 18.2 Å². The van der Waals surface area contributed by atoms with E-state index in [9.17, 15) is 13.5 Å². The van der Waals surface area contributed by atoms with Crippen LogP contribution in [-0.2, 0) is 14.3 Å². The Morgan fingerprint density at radius 1 is 1.44 bits per heavy atom. The van der Waals surface area contributed by atoms with Crippen LogP contribution < -0.4 is 0 Å². The first-order chi connectivity index (χ1) is 7.45. The molecular formula is C11H14O4S. The van der Waals surface area contributed by atoms with Crippen LogP contribution in [-0.4, -0.2) is 19.8 Å². The maximum atomic E-state index is 11.6. The van der Waals surface area contributed by atoms with E-state index >= 15 is 0 Å². The predicted octanol–water partition coefficient (Wildman–Crippen LogP) is 1.59. The molecule has 16 heavy (non-hydrogen) atoms. The highest BCUT2D eigenvalue weighted by atomic mass is 32.2. The standard InChI is InChI=1S/C11H14O4S/c1-3-4-11(12)15-16(13,14)10-7-5-9(2)6-8-10/h3,5-8,11-12H,1,4H2,2H3/t11-/m1/s1. The number of aliphatic hydroxyl groups is 1. The van der Waals surface area contributed by atoms with Gasteiger partial charge in [-0.1, -0.05) is 23.8 Å². The Hall–Kier alpha value is -1.17. The summed E-state index contributed by atoms with van der Waals surface area (Å²) in [4.78, 5) is 0.0289. The van der Waals surface area contributed by atoms with E-state index in [0.717, 1.165) is 5.56 Å². The maximum Gasteiger partial charge on any atom is 0.299 e. The second kappa shape index (κ2) is 5.25. The van der Waals surface area contributed by atoms with Crippen molar-refractivity contribution in [2.75, 3.05) is 0 Å². The van der Waals surface area contributed by atoms with Crippen molar-refractivity contribution >= 4 is 10.1 Å². The van der Waals surface area contributed by atoms with Gasteiger partial charge in [-0.2, -0.15) is 8.42 Å². The lowest BCUT2D eigenvalue weighted by Crippen LogP contribution is -2.17. The normalized spacial score (nSPS) is 13.4. The molecule has 1 rings (SSSR count). The van der Waals surface area contributed by atoms with E-state index in [-0.39, 0.29) is 11.3 Å². The van der Waals surface area contributed by atoms with Crippen LogP contribution in [0.1, 0.15) is 12.0 Å². The molecule has 0 aliphatic carbocycles. The van der Waals surface area contributed by atoms with E-state index in [0.29, 0.717) is 0 Å². The Labute approximate surface area is 95.3 Å². The molecule has 0 radical (unpaired) electrons. The van der Waals surface area contributed by atoms with Gasteiger partial charge in [0.2, 0.25) is 0 Å². The topological polar surface area (TPSA) is 63.6 Å². The molecule has 0 saturated heterocycles. The molecule has 0 spiro atoms. The van der Waals surface area contributed by atoms with Crippen LogP contribution in [0.3, 0.4) is 0 Å². The number of aryl methyl sites for hydroxylation is 1. The van der Waals surface area contributed by atoms with Crippen molar-refractivity contribution in [3.63, 3.8) is 0 Å². The Kier molecular flexibility index (Phi) is 4.23. The summed E-state index contributed by atoms with van der Waals surface area (Å²) in [5.41, 5.74) is 0.950. The highest BCUT2D eigenvalue weighted by molar-refractivity contribution is 7.86. The smallest absolute Gasteiger partial charge is 0.299 e. The molecule has 0 saturated carbocycles. The Balaban J connectivity index is 2.85. The van der Waals surface area contributed by atoms with Crippen molar-refractivity contribution in [2.45, 2.75) is 24.5 Å². The fourth-order valence-corrected chi connectivity index (χ4v) is 2.04. The number of aliphatic hydroxyl groups excluding tert-OH is 1. The lowest BCUT2D eigenvalue weighted by atomic mass is 10.2. The lowest BCUT2D eigenvalue weighted by molar-refractivity contribution is -0.00813. The zero-order valence-corrected chi connectivity index (χ0v) is 9.78. The molecule has 1 N–H and O–H groups in total. The van der Waals surface area contributed by atoms with Gasteiger partial charge in [-0.15, -0.1) is 6.58 Å². The summed E-state index contributed by atoms with van der Waals surface area (Å²) < 4.78 is 27.8. The largest absolute Gasteiger partial charge is 0.367 e. The molecule has 1 atom stereocenters. The highest BCUT2D eigenvalue weighted by Gasteiger charge is 2.18. The summed E-state index contributed by atoms with van der Waals surface area (Å²) in [5, 5.41) is 9.23. The molecule has 88 valence electrons. The molecule has 0 aliphatic rings. The average Bonchev–Trinajstić information content (AvgIpc) is 2.17. The molecule has 0 aliphatic heterocycles. The second-order valence-corrected chi connectivity index (χ2v) is 4.91. The van der Waals surface area contributed by atoms with Crippen LogP contribution >= 0.6 is 0 Å². The summed E-state index contributed by atoms with van der Waals surface area (Å²) in [6.45, 7) is 5.23. The fraction of sp³-hybridized carbons (Fsp3) is 0.273. The SMILES string of the molecule is C=CC[C@H](O)OS(=O)(=O)c1ccc(C)cc1. The number of rotatable bonds is 5. The minimum atomic E-state index is -3.90. The van der Waals surface area contributed by atoms with Crippen molar-refractivity contribution < 1.29 is 17.7 Å². The van der Waals surface area contributed by atoms with Crippen LogP contribution in [0.25, 0.3) is 0 Å². The maximum absolute atomic E-state index is 11.6. The molecule has 1 aromatic carbocycles. The minimum absolute atomic E-state index is 0.0289. The number of benzene rings is 1. The summed E-state index contributed by atoms with van der Waals surface area (Å²) in [7, 11) is -3.90. The Morgan fingerprint density at radius 3 is 2.50 bits per heavy atom. The van der Waals surface area contributed by atoms with Crippen LogP contribution in [0.2, 0.25) is 0 Å². The van der Waals surface area contributed by atoms with E-state index in [1.54, 1.807) is 12.1 Å². The first kappa shape index (κ1) is 12.9. The van der Waals surface area contributed by atoms with Crippen LogP contribution in [0.15, 0.2) is 41.8 Å². The first-order valence-electron chi connectivity index (χ1n) is 4.74. The van der Waals surface area contributed by atoms with E-state index in [2.05, 4.69) is 10.8 Å². The third-order valence-electron chi connectivity index (χ3n) is 1.92. The van der Waals surface area contributed by atoms with Gasteiger partial charge in [0.1, 0.15) is 0 Å². The Morgan fingerprint density at radius 2 is 2.00 bits per heavy atom. The van der Waals surface area contributed by atoms with Crippen molar-refractivity contribution in [1.82, 2.24) is 0 Å². The zero-order chi connectivity index (χ0) is 12.2. The quantitative estimate of drug-likeness (QED) is 0.484. The summed E-state index contributed by atoms with van der Waals surface area (Å²) >= 11 is 0. The summed E-state index contributed by atoms with van der Waals surface area (Å²) in [6, 6.07) is 6.20. The van der Waals surface area contributed by atoms with Crippen LogP contribution in [0.4, 0.5) is 0 Å². The van der Waals surface area contributed by atoms with Gasteiger partial charge in [-0.3, -0.25) is 0 Å². The predicted molar refractivity (Wildman–Crippen MR) is 60.3 cm³/mol. The third-order valence-corrected chi connectivity index (χ3v) is 3.24. The third kappa shape index (κ3) is 3.44. The van der Waals surface area contributed by atoms with Crippen molar-refractivity contribution in [1.29, 1.82) is 0 Å². The fourth-order valence-electron chi connectivity index (χ4n) is 1.09. The van der Waals surface area contributed by atoms with Gasteiger partial charge in [-0.05, 0) is 19.1 Å². The van der Waals surface area contributed by atoms with Crippen molar-refractivity contribution in [3.05, 3.63) is 42.5 Å². The van der Waals surface area contributed by atoms with Gasteiger partial charge in [0, 0.05) is 6.42 Å². The van der Waals surface area contributed by atoms with Crippen LogP contribution in [0.5, 0.6) is 0 Å². The molecule has 0 aromatic heterocycles. The van der Waals surface area contributed by atoms with E-state index < -0.39 is 16.4 Å². The van der Waals surface area contributed by atoms with Gasteiger partial charge >= 0.3 is 0 Å². The van der Waals surface area contributed by atoms with Gasteiger partial charge in [0.15, 0.2) is 6.29 Å². The van der Waals surface area contributed by atoms with Gasteiger partial charge in [0.05, 0.1) is 4.90 Å². The van der Waals surface area contributed by atoms with E-state index in [4.69, 9.17) is 0 Å². The molecule has 0 bridgehead atoms. The average molecular weight is 242 g/mol. The Bertz CT molecular complexity index is 447. The van der Waals surface area contributed by atoms with Gasteiger partial charge in [-0.25, -0.2) is 4.18 Å². The molecule has 0 unspecified atom stereocenters. The molecule has 0 amide bonds. The zero-order valence-electron chi connectivity index (χ0n) is 8.96. The molecule has 4 nitrogen and oxygen atoms in total. The van der Waals surface area contributed by atoms with Crippen molar-refractivity contribution in [3.8, 4) is 0 Å². The number of hydrogen-bond donors (Lipinski definition) is 1.